The largest absolute Gasteiger partial charge is 0.493 e. The van der Waals surface area contributed by atoms with Gasteiger partial charge in [0.1, 0.15) is 5.01 Å². The zero-order valence-electron chi connectivity index (χ0n) is 14.6. The van der Waals surface area contributed by atoms with Crippen molar-refractivity contribution in [2.45, 2.75) is 10.1 Å². The van der Waals surface area contributed by atoms with Crippen LogP contribution in [0.3, 0.4) is 0 Å². The third kappa shape index (κ3) is 3.86. The Morgan fingerprint density at radius 1 is 0.962 bits per heavy atom. The van der Waals surface area contributed by atoms with Crippen LogP contribution < -0.4 is 14.2 Å². The van der Waals surface area contributed by atoms with Gasteiger partial charge in [0.15, 0.2) is 11.5 Å². The van der Waals surface area contributed by atoms with Crippen LogP contribution in [0.2, 0.25) is 0 Å². The van der Waals surface area contributed by atoms with E-state index in [9.17, 15) is 4.21 Å². The Bertz CT molecular complexity index is 888. The molecular formula is C18H18N2O4S2. The smallest absolute Gasteiger partial charge is 0.205 e. The highest BCUT2D eigenvalue weighted by Crippen LogP contribution is 2.41. The second kappa shape index (κ2) is 8.29. The summed E-state index contributed by atoms with van der Waals surface area (Å²) in [6.45, 7) is 0. The summed E-state index contributed by atoms with van der Waals surface area (Å²) >= 11 is 1.29. The zero-order chi connectivity index (χ0) is 18.5. The Labute approximate surface area is 158 Å². The minimum Gasteiger partial charge on any atom is -0.493 e. The van der Waals surface area contributed by atoms with Crippen LogP contribution in [0.1, 0.15) is 5.56 Å². The van der Waals surface area contributed by atoms with Gasteiger partial charge in [0.05, 0.1) is 37.9 Å². The Balaban J connectivity index is 1.89. The van der Waals surface area contributed by atoms with Gasteiger partial charge < -0.3 is 14.2 Å². The summed E-state index contributed by atoms with van der Waals surface area (Å²) < 4.78 is 29.1. The lowest BCUT2D eigenvalue weighted by atomic mass is 10.2. The molecule has 1 heterocycles. The second-order valence-corrected chi connectivity index (χ2v) is 7.86. The molecule has 0 aliphatic heterocycles. The predicted molar refractivity (Wildman–Crippen MR) is 102 cm³/mol. The number of nitrogens with zero attached hydrogens (tertiary/aromatic N) is 2. The highest BCUT2D eigenvalue weighted by Gasteiger charge is 2.18. The van der Waals surface area contributed by atoms with Gasteiger partial charge in [-0.05, 0) is 17.7 Å². The fraction of sp³-hybridized carbons (Fsp3) is 0.222. The summed E-state index contributed by atoms with van der Waals surface area (Å²) in [7, 11) is 3.42. The van der Waals surface area contributed by atoms with Gasteiger partial charge in [-0.3, -0.25) is 4.21 Å². The first-order valence-electron chi connectivity index (χ1n) is 7.72. The molecule has 2 aromatic carbocycles. The molecule has 0 saturated heterocycles. The number of ether oxygens (including phenoxy) is 3. The molecule has 0 N–H and O–H groups in total. The van der Waals surface area contributed by atoms with Gasteiger partial charge in [-0.25, -0.2) is 0 Å². The number of aromatic nitrogens is 2. The zero-order valence-corrected chi connectivity index (χ0v) is 16.2. The van der Waals surface area contributed by atoms with Crippen molar-refractivity contribution < 1.29 is 18.4 Å². The topological polar surface area (TPSA) is 70.5 Å². The van der Waals surface area contributed by atoms with Crippen molar-refractivity contribution in [3.8, 4) is 27.8 Å². The van der Waals surface area contributed by atoms with Crippen LogP contribution in [0, 0.1) is 0 Å². The van der Waals surface area contributed by atoms with E-state index in [1.54, 1.807) is 33.5 Å². The van der Waals surface area contributed by atoms with Gasteiger partial charge in [-0.2, -0.15) is 0 Å². The highest BCUT2D eigenvalue weighted by atomic mass is 32.2. The molecule has 3 aromatic rings. The summed E-state index contributed by atoms with van der Waals surface area (Å²) in [5.74, 6) is 1.98. The van der Waals surface area contributed by atoms with Crippen molar-refractivity contribution in [1.82, 2.24) is 10.2 Å². The molecule has 0 saturated carbocycles. The summed E-state index contributed by atoms with van der Waals surface area (Å²) in [5, 5.41) is 8.92. The van der Waals surface area contributed by atoms with Crippen molar-refractivity contribution in [3.63, 3.8) is 0 Å². The second-order valence-electron chi connectivity index (χ2n) is 5.26. The summed E-state index contributed by atoms with van der Waals surface area (Å²) in [6, 6.07) is 13.3. The molecule has 0 bridgehead atoms. The van der Waals surface area contributed by atoms with Crippen LogP contribution in [0.25, 0.3) is 10.6 Å². The van der Waals surface area contributed by atoms with Gasteiger partial charge in [0.2, 0.25) is 10.1 Å². The van der Waals surface area contributed by atoms with E-state index in [0.29, 0.717) is 32.3 Å². The maximum absolute atomic E-state index is 12.6. The van der Waals surface area contributed by atoms with E-state index in [4.69, 9.17) is 14.2 Å². The summed E-state index contributed by atoms with van der Waals surface area (Å²) in [6.07, 6.45) is 0. The van der Waals surface area contributed by atoms with Crippen molar-refractivity contribution >= 4 is 22.1 Å². The average Bonchev–Trinajstić information content (AvgIpc) is 3.18. The van der Waals surface area contributed by atoms with E-state index in [1.807, 2.05) is 30.3 Å². The Kier molecular flexibility index (Phi) is 5.85. The molecule has 6 nitrogen and oxygen atoms in total. The van der Waals surface area contributed by atoms with E-state index >= 15 is 0 Å². The van der Waals surface area contributed by atoms with E-state index in [-0.39, 0.29) is 0 Å². The maximum Gasteiger partial charge on any atom is 0.205 e. The van der Waals surface area contributed by atoms with Crippen LogP contribution in [0.5, 0.6) is 17.2 Å². The van der Waals surface area contributed by atoms with Crippen LogP contribution in [-0.4, -0.2) is 35.7 Å². The van der Waals surface area contributed by atoms with Gasteiger partial charge in [0.25, 0.3) is 0 Å². The minimum absolute atomic E-state index is 0.407. The number of hydrogen-bond acceptors (Lipinski definition) is 7. The third-order valence-electron chi connectivity index (χ3n) is 3.65. The minimum atomic E-state index is -1.25. The molecule has 0 aliphatic rings. The fourth-order valence-corrected chi connectivity index (χ4v) is 4.51. The fourth-order valence-electron chi connectivity index (χ4n) is 2.41. The first kappa shape index (κ1) is 18.3. The number of benzene rings is 2. The van der Waals surface area contributed by atoms with Crippen LogP contribution in [0.15, 0.2) is 46.8 Å². The van der Waals surface area contributed by atoms with Crippen LogP contribution >= 0.6 is 11.3 Å². The van der Waals surface area contributed by atoms with Crippen LogP contribution in [-0.2, 0) is 16.6 Å². The standard InChI is InChI=1S/C18H18N2O4S2/c1-22-14-9-13(10-15(23-2)16(14)24-3)17-19-20-18(25-17)26(21)11-12-7-5-4-6-8-12/h4-10H,11H2,1-3H3. The molecule has 8 heteroatoms. The quantitative estimate of drug-likeness (QED) is 0.615. The molecule has 0 fully saturated rings. The molecule has 26 heavy (non-hydrogen) atoms. The third-order valence-corrected chi connectivity index (χ3v) is 6.29. The Morgan fingerprint density at radius 2 is 1.62 bits per heavy atom. The lowest BCUT2D eigenvalue weighted by molar-refractivity contribution is 0.324. The van der Waals surface area contributed by atoms with E-state index in [0.717, 1.165) is 11.1 Å². The van der Waals surface area contributed by atoms with Crippen molar-refractivity contribution in [3.05, 3.63) is 48.0 Å². The van der Waals surface area contributed by atoms with E-state index in [2.05, 4.69) is 10.2 Å². The maximum atomic E-state index is 12.6. The summed E-state index contributed by atoms with van der Waals surface area (Å²) in [4.78, 5) is 0. The molecule has 136 valence electrons. The first-order chi connectivity index (χ1) is 12.7. The number of hydrogen-bond donors (Lipinski definition) is 0. The Hall–Kier alpha value is -2.45. The van der Waals surface area contributed by atoms with Gasteiger partial charge in [-0.1, -0.05) is 41.7 Å². The van der Waals surface area contributed by atoms with Gasteiger partial charge >= 0.3 is 0 Å². The van der Waals surface area contributed by atoms with Gasteiger partial charge in [-0.15, -0.1) is 10.2 Å². The first-order valence-corrected chi connectivity index (χ1v) is 9.86. The molecule has 0 aliphatic carbocycles. The SMILES string of the molecule is COc1cc(-c2nnc(S(=O)Cc3ccccc3)s2)cc(OC)c1OC. The molecule has 3 rings (SSSR count). The predicted octanol–water partition coefficient (Wildman–Crippen LogP) is 3.54. The van der Waals surface area contributed by atoms with Crippen LogP contribution in [0.4, 0.5) is 0 Å². The van der Waals surface area contributed by atoms with E-state index in [1.165, 1.54) is 11.3 Å². The monoisotopic (exact) mass is 390 g/mol. The molecular weight excluding hydrogens is 372 g/mol. The molecule has 0 spiro atoms. The highest BCUT2D eigenvalue weighted by molar-refractivity contribution is 7.86. The molecule has 1 aromatic heterocycles. The normalized spacial score (nSPS) is 11.8. The van der Waals surface area contributed by atoms with Gasteiger partial charge in [0, 0.05) is 5.56 Å². The van der Waals surface area contributed by atoms with Crippen molar-refractivity contribution in [2.24, 2.45) is 0 Å². The molecule has 1 atom stereocenters. The van der Waals surface area contributed by atoms with E-state index < -0.39 is 10.8 Å². The van der Waals surface area contributed by atoms with Crippen molar-refractivity contribution in [2.75, 3.05) is 21.3 Å². The lowest BCUT2D eigenvalue weighted by Gasteiger charge is -2.13. The number of rotatable bonds is 7. The van der Waals surface area contributed by atoms with Crippen molar-refractivity contribution in [1.29, 1.82) is 0 Å². The number of methoxy groups -OCH3 is 3. The average molecular weight is 390 g/mol. The molecule has 0 amide bonds. The molecule has 1 unspecified atom stereocenters. The molecule has 0 radical (unpaired) electrons. The summed E-state index contributed by atoms with van der Waals surface area (Å²) in [5.41, 5.74) is 1.76. The Morgan fingerprint density at radius 3 is 2.19 bits per heavy atom. The lowest BCUT2D eigenvalue weighted by Crippen LogP contribution is -1.95.